The molecule has 21 heavy (non-hydrogen) atoms. The van der Waals surface area contributed by atoms with Gasteiger partial charge in [0.25, 0.3) is 0 Å². The lowest BCUT2D eigenvalue weighted by atomic mass is 10.1. The monoisotopic (exact) mass is 313 g/mol. The van der Waals surface area contributed by atoms with Crippen molar-refractivity contribution in [3.8, 4) is 0 Å². The van der Waals surface area contributed by atoms with Crippen molar-refractivity contribution >= 4 is 15.9 Å². The van der Waals surface area contributed by atoms with Crippen LogP contribution in [0.2, 0.25) is 0 Å². The molecule has 0 aliphatic carbocycles. The third kappa shape index (κ3) is 3.65. The summed E-state index contributed by atoms with van der Waals surface area (Å²) < 4.78 is 25.0. The molecule has 0 aromatic carbocycles. The molecule has 1 amide bonds. The van der Waals surface area contributed by atoms with Crippen molar-refractivity contribution in [2.75, 3.05) is 31.9 Å². The molecule has 7 heteroatoms. The van der Waals surface area contributed by atoms with Crippen LogP contribution in [-0.4, -0.2) is 60.4 Å². The van der Waals surface area contributed by atoms with E-state index in [1.165, 1.54) is 4.31 Å². The van der Waals surface area contributed by atoms with Crippen LogP contribution in [0.3, 0.4) is 0 Å². The number of sulfonamides is 1. The number of nitrogens with zero attached hydrogens (tertiary/aromatic N) is 2. The highest BCUT2D eigenvalue weighted by Crippen LogP contribution is 2.13. The van der Waals surface area contributed by atoms with Crippen molar-refractivity contribution in [1.29, 1.82) is 0 Å². The van der Waals surface area contributed by atoms with Crippen molar-refractivity contribution in [3.63, 3.8) is 0 Å². The van der Waals surface area contributed by atoms with E-state index in [-0.39, 0.29) is 11.7 Å². The number of aryl methyl sites for hydroxylation is 2. The molecule has 0 atom stereocenters. The lowest BCUT2D eigenvalue weighted by Crippen LogP contribution is -2.51. The molecule has 0 radical (unpaired) electrons. The first-order valence-electron chi connectivity index (χ1n) is 7.24. The van der Waals surface area contributed by atoms with Crippen molar-refractivity contribution < 1.29 is 13.2 Å². The van der Waals surface area contributed by atoms with E-state index in [9.17, 15) is 13.2 Å². The second kappa shape index (κ2) is 6.19. The molecule has 0 saturated carbocycles. The smallest absolute Gasteiger partial charge is 0.227 e. The third-order valence-electron chi connectivity index (χ3n) is 3.95. The van der Waals surface area contributed by atoms with Gasteiger partial charge in [0.05, 0.1) is 12.2 Å². The normalized spacial score (nSPS) is 17.2. The summed E-state index contributed by atoms with van der Waals surface area (Å²) in [6, 6.07) is 1.99. The van der Waals surface area contributed by atoms with Gasteiger partial charge in [0.2, 0.25) is 15.9 Å². The van der Waals surface area contributed by atoms with E-state index >= 15 is 0 Å². The first-order valence-corrected chi connectivity index (χ1v) is 8.85. The molecule has 1 aliphatic rings. The predicted molar refractivity (Wildman–Crippen MR) is 81.6 cm³/mol. The Morgan fingerprint density at radius 2 is 1.86 bits per heavy atom. The molecule has 0 spiro atoms. The van der Waals surface area contributed by atoms with Crippen LogP contribution in [0, 0.1) is 13.8 Å². The Morgan fingerprint density at radius 1 is 1.24 bits per heavy atom. The van der Waals surface area contributed by atoms with Crippen LogP contribution < -0.4 is 0 Å². The molecule has 1 aromatic rings. The molecular weight excluding hydrogens is 290 g/mol. The zero-order valence-corrected chi connectivity index (χ0v) is 13.7. The summed E-state index contributed by atoms with van der Waals surface area (Å²) in [6.45, 7) is 7.31. The summed E-state index contributed by atoms with van der Waals surface area (Å²) in [5.41, 5.74) is 3.09. The number of piperazine rings is 1. The summed E-state index contributed by atoms with van der Waals surface area (Å²) in [5.74, 6) is 0.175. The number of rotatable bonds is 4. The number of carbonyl (C=O) groups is 1. The average Bonchev–Trinajstić information content (AvgIpc) is 2.77. The van der Waals surface area contributed by atoms with Crippen LogP contribution >= 0.6 is 0 Å². The first kappa shape index (κ1) is 16.0. The van der Waals surface area contributed by atoms with E-state index in [1.54, 1.807) is 11.8 Å². The molecule has 2 heterocycles. The predicted octanol–water partition coefficient (Wildman–Crippen LogP) is 0.668. The van der Waals surface area contributed by atoms with Gasteiger partial charge in [0.15, 0.2) is 0 Å². The Kier molecular flexibility index (Phi) is 4.73. The molecule has 0 unspecified atom stereocenters. The number of carbonyl (C=O) groups excluding carboxylic acids is 1. The highest BCUT2D eigenvalue weighted by atomic mass is 32.2. The highest BCUT2D eigenvalue weighted by Gasteiger charge is 2.27. The van der Waals surface area contributed by atoms with E-state index in [1.807, 2.05) is 19.9 Å². The maximum atomic E-state index is 12.3. The molecular formula is C14H23N3O3S. The lowest BCUT2D eigenvalue weighted by Gasteiger charge is -2.33. The Morgan fingerprint density at radius 3 is 2.33 bits per heavy atom. The minimum atomic E-state index is -3.14. The van der Waals surface area contributed by atoms with Crippen LogP contribution in [0.15, 0.2) is 6.07 Å². The van der Waals surface area contributed by atoms with Crippen LogP contribution in [0.5, 0.6) is 0 Å². The van der Waals surface area contributed by atoms with Gasteiger partial charge in [0.1, 0.15) is 0 Å². The lowest BCUT2D eigenvalue weighted by molar-refractivity contribution is -0.131. The fourth-order valence-corrected chi connectivity index (χ4v) is 3.72. The van der Waals surface area contributed by atoms with Crippen LogP contribution in [-0.2, 0) is 21.2 Å². The van der Waals surface area contributed by atoms with Gasteiger partial charge >= 0.3 is 0 Å². The van der Waals surface area contributed by atoms with Gasteiger partial charge in [-0.1, -0.05) is 0 Å². The molecule has 2 rings (SSSR count). The zero-order valence-electron chi connectivity index (χ0n) is 12.8. The Hall–Kier alpha value is -1.34. The van der Waals surface area contributed by atoms with Crippen molar-refractivity contribution in [2.24, 2.45) is 0 Å². The summed E-state index contributed by atoms with van der Waals surface area (Å²) >= 11 is 0. The summed E-state index contributed by atoms with van der Waals surface area (Å²) in [4.78, 5) is 17.2. The van der Waals surface area contributed by atoms with Gasteiger partial charge in [0, 0.05) is 37.6 Å². The van der Waals surface area contributed by atoms with E-state index < -0.39 is 10.0 Å². The van der Waals surface area contributed by atoms with Gasteiger partial charge in [-0.05, 0) is 32.4 Å². The number of H-pyrrole nitrogens is 1. The molecule has 118 valence electrons. The maximum absolute atomic E-state index is 12.3. The molecule has 1 N–H and O–H groups in total. The topological polar surface area (TPSA) is 73.5 Å². The maximum Gasteiger partial charge on any atom is 0.227 e. The Bertz CT molecular complexity index is 613. The van der Waals surface area contributed by atoms with Crippen LogP contribution in [0.4, 0.5) is 0 Å². The minimum absolute atomic E-state index is 0.0608. The Balaban J connectivity index is 1.93. The van der Waals surface area contributed by atoms with Gasteiger partial charge < -0.3 is 9.88 Å². The van der Waals surface area contributed by atoms with Crippen molar-refractivity contribution in [3.05, 3.63) is 23.0 Å². The first-order chi connectivity index (χ1) is 9.83. The van der Waals surface area contributed by atoms with Crippen LogP contribution in [0.1, 0.15) is 23.9 Å². The number of hydrogen-bond donors (Lipinski definition) is 1. The number of aromatic amines is 1. The van der Waals surface area contributed by atoms with Gasteiger partial charge in [-0.3, -0.25) is 4.79 Å². The summed E-state index contributed by atoms with van der Waals surface area (Å²) in [6.07, 6.45) is 0.372. The summed E-state index contributed by atoms with van der Waals surface area (Å²) in [7, 11) is -3.14. The molecule has 1 saturated heterocycles. The molecule has 1 fully saturated rings. The quantitative estimate of drug-likeness (QED) is 0.888. The molecule has 1 aliphatic heterocycles. The molecule has 6 nitrogen and oxygen atoms in total. The standard InChI is InChI=1S/C14H23N3O3S/c1-4-21(19,20)17-7-5-16(6-8-17)14(18)10-13-9-11(2)15-12(13)3/h9,15H,4-8,10H2,1-3H3. The number of aromatic nitrogens is 1. The average molecular weight is 313 g/mol. The number of amides is 1. The van der Waals surface area contributed by atoms with E-state index in [0.717, 1.165) is 17.0 Å². The number of nitrogens with one attached hydrogen (secondary N) is 1. The van der Waals surface area contributed by atoms with Crippen molar-refractivity contribution in [1.82, 2.24) is 14.2 Å². The van der Waals surface area contributed by atoms with Gasteiger partial charge in [-0.25, -0.2) is 8.42 Å². The second-order valence-electron chi connectivity index (χ2n) is 5.46. The molecule has 0 bridgehead atoms. The summed E-state index contributed by atoms with van der Waals surface area (Å²) in [5, 5.41) is 0. The molecule has 1 aromatic heterocycles. The van der Waals surface area contributed by atoms with Gasteiger partial charge in [-0.2, -0.15) is 4.31 Å². The Labute approximate surface area is 126 Å². The highest BCUT2D eigenvalue weighted by molar-refractivity contribution is 7.89. The van der Waals surface area contributed by atoms with E-state index in [4.69, 9.17) is 0 Å². The largest absolute Gasteiger partial charge is 0.362 e. The third-order valence-corrected chi connectivity index (χ3v) is 5.83. The van der Waals surface area contributed by atoms with Crippen LogP contribution in [0.25, 0.3) is 0 Å². The fraction of sp³-hybridized carbons (Fsp3) is 0.643. The van der Waals surface area contributed by atoms with Gasteiger partial charge in [-0.15, -0.1) is 0 Å². The van der Waals surface area contributed by atoms with Crippen molar-refractivity contribution in [2.45, 2.75) is 27.2 Å². The number of hydrogen-bond acceptors (Lipinski definition) is 3. The minimum Gasteiger partial charge on any atom is -0.362 e. The van der Waals surface area contributed by atoms with E-state index in [2.05, 4.69) is 4.98 Å². The SMILES string of the molecule is CCS(=O)(=O)N1CCN(C(=O)Cc2cc(C)[nH]c2C)CC1. The zero-order chi connectivity index (χ0) is 15.6. The second-order valence-corrected chi connectivity index (χ2v) is 7.72. The fourth-order valence-electron chi connectivity index (χ4n) is 2.64. The van der Waals surface area contributed by atoms with E-state index in [0.29, 0.717) is 32.6 Å².